The van der Waals surface area contributed by atoms with Gasteiger partial charge in [0, 0.05) is 42.2 Å². The molecule has 0 radical (unpaired) electrons. The third-order valence-electron chi connectivity index (χ3n) is 6.54. The average molecular weight is 486 g/mol. The molecule has 0 N–H and O–H groups in total. The van der Waals surface area contributed by atoms with Crippen LogP contribution in [0.1, 0.15) is 22.8 Å². The SMILES string of the molecule is CCOc1ccccc1N1CCN(C(=O)c2c(C)c(-c3ccc(Cl)cc3)nc3ccccc23)CC1. The summed E-state index contributed by atoms with van der Waals surface area (Å²) in [6.45, 7) is 7.40. The van der Waals surface area contributed by atoms with Gasteiger partial charge >= 0.3 is 0 Å². The lowest BCUT2D eigenvalue weighted by Crippen LogP contribution is -2.49. The fourth-order valence-electron chi connectivity index (χ4n) is 4.78. The van der Waals surface area contributed by atoms with Crippen LogP contribution in [0.5, 0.6) is 5.75 Å². The van der Waals surface area contributed by atoms with Gasteiger partial charge in [-0.2, -0.15) is 0 Å². The number of hydrogen-bond donors (Lipinski definition) is 0. The van der Waals surface area contributed by atoms with Gasteiger partial charge in [0.15, 0.2) is 0 Å². The fourth-order valence-corrected chi connectivity index (χ4v) is 4.90. The summed E-state index contributed by atoms with van der Waals surface area (Å²) < 4.78 is 5.82. The number of ether oxygens (including phenoxy) is 1. The van der Waals surface area contributed by atoms with E-state index in [9.17, 15) is 4.79 Å². The van der Waals surface area contributed by atoms with Crippen molar-refractivity contribution in [3.8, 4) is 17.0 Å². The van der Waals surface area contributed by atoms with Crippen LogP contribution < -0.4 is 9.64 Å². The van der Waals surface area contributed by atoms with Crippen LogP contribution in [-0.4, -0.2) is 48.6 Å². The smallest absolute Gasteiger partial charge is 0.255 e. The molecule has 0 atom stereocenters. The summed E-state index contributed by atoms with van der Waals surface area (Å²) in [6.07, 6.45) is 0. The van der Waals surface area contributed by atoms with Gasteiger partial charge in [-0.15, -0.1) is 0 Å². The van der Waals surface area contributed by atoms with E-state index in [1.807, 2.05) is 85.5 Å². The monoisotopic (exact) mass is 485 g/mol. The zero-order valence-electron chi connectivity index (χ0n) is 20.0. The second-order valence-electron chi connectivity index (χ2n) is 8.66. The van der Waals surface area contributed by atoms with Gasteiger partial charge in [-0.1, -0.05) is 54.1 Å². The van der Waals surface area contributed by atoms with E-state index >= 15 is 0 Å². The van der Waals surface area contributed by atoms with Crippen molar-refractivity contribution in [3.05, 3.63) is 88.9 Å². The van der Waals surface area contributed by atoms with E-state index in [1.54, 1.807) is 0 Å². The van der Waals surface area contributed by atoms with Gasteiger partial charge in [0.2, 0.25) is 0 Å². The number of rotatable bonds is 5. The minimum absolute atomic E-state index is 0.0501. The number of amides is 1. The van der Waals surface area contributed by atoms with E-state index in [0.29, 0.717) is 24.7 Å². The molecule has 0 unspecified atom stereocenters. The molecular formula is C29H28ClN3O2. The van der Waals surface area contributed by atoms with Gasteiger partial charge in [0.25, 0.3) is 5.91 Å². The highest BCUT2D eigenvalue weighted by Gasteiger charge is 2.27. The molecule has 0 spiro atoms. The summed E-state index contributed by atoms with van der Waals surface area (Å²) >= 11 is 6.11. The van der Waals surface area contributed by atoms with Gasteiger partial charge in [-0.3, -0.25) is 4.79 Å². The molecule has 178 valence electrons. The molecule has 2 heterocycles. The number of carbonyl (C=O) groups is 1. The Kier molecular flexibility index (Phi) is 6.60. The third-order valence-corrected chi connectivity index (χ3v) is 6.79. The van der Waals surface area contributed by atoms with E-state index in [2.05, 4.69) is 11.0 Å². The summed E-state index contributed by atoms with van der Waals surface area (Å²) in [4.78, 5) is 23.1. The number of pyridine rings is 1. The lowest BCUT2D eigenvalue weighted by atomic mass is 9.96. The molecule has 5 nitrogen and oxygen atoms in total. The summed E-state index contributed by atoms with van der Waals surface area (Å²) in [7, 11) is 0. The van der Waals surface area contributed by atoms with Crippen molar-refractivity contribution in [1.29, 1.82) is 0 Å². The number of hydrogen-bond acceptors (Lipinski definition) is 4. The minimum atomic E-state index is 0.0501. The molecule has 1 aromatic heterocycles. The highest BCUT2D eigenvalue weighted by molar-refractivity contribution is 6.30. The minimum Gasteiger partial charge on any atom is -0.492 e. The van der Waals surface area contributed by atoms with Gasteiger partial charge in [0.1, 0.15) is 5.75 Å². The maximum Gasteiger partial charge on any atom is 0.255 e. The number of halogens is 1. The van der Waals surface area contributed by atoms with Crippen molar-refractivity contribution in [2.45, 2.75) is 13.8 Å². The number of para-hydroxylation sites is 3. The molecule has 6 heteroatoms. The number of piperazine rings is 1. The quantitative estimate of drug-likeness (QED) is 0.336. The Morgan fingerprint density at radius 3 is 2.37 bits per heavy atom. The molecule has 1 amide bonds. The van der Waals surface area contributed by atoms with Gasteiger partial charge < -0.3 is 14.5 Å². The molecule has 1 fully saturated rings. The first kappa shape index (κ1) is 23.2. The molecule has 0 aliphatic carbocycles. The van der Waals surface area contributed by atoms with Crippen LogP contribution in [0, 0.1) is 6.92 Å². The van der Waals surface area contributed by atoms with E-state index in [0.717, 1.165) is 57.8 Å². The van der Waals surface area contributed by atoms with Gasteiger partial charge in [-0.25, -0.2) is 4.98 Å². The van der Waals surface area contributed by atoms with Crippen molar-refractivity contribution < 1.29 is 9.53 Å². The molecular weight excluding hydrogens is 458 g/mol. The maximum atomic E-state index is 13.9. The predicted molar refractivity (Wildman–Crippen MR) is 143 cm³/mol. The number of aromatic nitrogens is 1. The Morgan fingerprint density at radius 1 is 0.943 bits per heavy atom. The Balaban J connectivity index is 1.46. The summed E-state index contributed by atoms with van der Waals surface area (Å²) in [6, 6.07) is 23.6. The molecule has 5 rings (SSSR count). The average Bonchev–Trinajstić information content (AvgIpc) is 2.89. The highest BCUT2D eigenvalue weighted by atomic mass is 35.5. The summed E-state index contributed by atoms with van der Waals surface area (Å²) in [5.74, 6) is 0.937. The number of anilines is 1. The second kappa shape index (κ2) is 9.96. The van der Waals surface area contributed by atoms with E-state index in [-0.39, 0.29) is 5.91 Å². The van der Waals surface area contributed by atoms with Crippen molar-refractivity contribution >= 4 is 34.1 Å². The van der Waals surface area contributed by atoms with Gasteiger partial charge in [0.05, 0.1) is 29.1 Å². The van der Waals surface area contributed by atoms with Crippen LogP contribution >= 0.6 is 11.6 Å². The van der Waals surface area contributed by atoms with Gasteiger partial charge in [-0.05, 0) is 49.7 Å². The van der Waals surface area contributed by atoms with Crippen molar-refractivity contribution in [3.63, 3.8) is 0 Å². The standard InChI is InChI=1S/C29H28ClN3O2/c1-3-35-26-11-7-6-10-25(26)32-16-18-33(19-17-32)29(34)27-20(2)28(21-12-14-22(30)15-13-21)31-24-9-5-4-8-23(24)27/h4-15H,3,16-19H2,1-2H3. The second-order valence-corrected chi connectivity index (χ2v) is 9.10. The Labute approximate surface area is 210 Å². The first-order valence-corrected chi connectivity index (χ1v) is 12.4. The predicted octanol–water partition coefficient (Wildman–Crippen LogP) is 6.22. The lowest BCUT2D eigenvalue weighted by Gasteiger charge is -2.37. The van der Waals surface area contributed by atoms with Crippen LogP contribution in [0.2, 0.25) is 5.02 Å². The number of nitrogens with zero attached hydrogens (tertiary/aromatic N) is 3. The Bertz CT molecular complexity index is 1360. The highest BCUT2D eigenvalue weighted by Crippen LogP contribution is 2.32. The first-order valence-electron chi connectivity index (χ1n) is 12.0. The number of fused-ring (bicyclic) bond motifs is 1. The number of benzene rings is 3. The van der Waals surface area contributed by atoms with E-state index in [1.165, 1.54) is 0 Å². The molecule has 0 saturated carbocycles. The van der Waals surface area contributed by atoms with Crippen LogP contribution in [-0.2, 0) is 0 Å². The maximum absolute atomic E-state index is 13.9. The molecule has 1 saturated heterocycles. The van der Waals surface area contributed by atoms with Crippen LogP contribution in [0.3, 0.4) is 0 Å². The van der Waals surface area contributed by atoms with Crippen LogP contribution in [0.25, 0.3) is 22.2 Å². The normalized spacial score (nSPS) is 13.8. The third kappa shape index (κ3) is 4.56. The van der Waals surface area contributed by atoms with Crippen molar-refractivity contribution in [2.24, 2.45) is 0 Å². The van der Waals surface area contributed by atoms with Crippen LogP contribution in [0.15, 0.2) is 72.8 Å². The number of carbonyl (C=O) groups excluding carboxylic acids is 1. The Morgan fingerprint density at radius 2 is 1.63 bits per heavy atom. The zero-order chi connectivity index (χ0) is 24.4. The summed E-state index contributed by atoms with van der Waals surface area (Å²) in [5.41, 5.74) is 5.27. The van der Waals surface area contributed by atoms with E-state index in [4.69, 9.17) is 21.3 Å². The molecule has 1 aliphatic rings. The largest absolute Gasteiger partial charge is 0.492 e. The fraction of sp³-hybridized carbons (Fsp3) is 0.241. The molecule has 1 aliphatic heterocycles. The lowest BCUT2D eigenvalue weighted by molar-refractivity contribution is 0.0748. The molecule has 4 aromatic rings. The molecule has 3 aromatic carbocycles. The van der Waals surface area contributed by atoms with Crippen LogP contribution in [0.4, 0.5) is 5.69 Å². The summed E-state index contributed by atoms with van der Waals surface area (Å²) in [5, 5.41) is 1.56. The zero-order valence-corrected chi connectivity index (χ0v) is 20.8. The topological polar surface area (TPSA) is 45.7 Å². The first-order chi connectivity index (χ1) is 17.1. The molecule has 0 bridgehead atoms. The molecule has 35 heavy (non-hydrogen) atoms. The van der Waals surface area contributed by atoms with Crippen molar-refractivity contribution in [1.82, 2.24) is 9.88 Å². The van der Waals surface area contributed by atoms with E-state index < -0.39 is 0 Å². The van der Waals surface area contributed by atoms with Crippen molar-refractivity contribution in [2.75, 3.05) is 37.7 Å². The Hall–Kier alpha value is -3.57.